The lowest BCUT2D eigenvalue weighted by Gasteiger charge is -2.26. The van der Waals surface area contributed by atoms with Crippen LogP contribution in [0.1, 0.15) is 23.2 Å². The van der Waals surface area contributed by atoms with Gasteiger partial charge in [-0.2, -0.15) is 0 Å². The van der Waals surface area contributed by atoms with Crippen LogP contribution in [0.15, 0.2) is 18.5 Å². The van der Waals surface area contributed by atoms with Gasteiger partial charge in [-0.25, -0.2) is 0 Å². The first-order valence-corrected chi connectivity index (χ1v) is 6.71. The van der Waals surface area contributed by atoms with Gasteiger partial charge in [-0.05, 0) is 32.5 Å². The highest BCUT2D eigenvalue weighted by atomic mass is 16.2. The van der Waals surface area contributed by atoms with Crippen LogP contribution in [-0.4, -0.2) is 61.0 Å². The van der Waals surface area contributed by atoms with Gasteiger partial charge in [-0.15, -0.1) is 0 Å². The number of hydrogen-bond donors (Lipinski definition) is 1. The van der Waals surface area contributed by atoms with Crippen LogP contribution in [0.25, 0.3) is 0 Å². The van der Waals surface area contributed by atoms with E-state index in [1.807, 2.05) is 20.2 Å². The number of aromatic nitrogens is 1. The highest BCUT2D eigenvalue weighted by Crippen LogP contribution is 2.18. The van der Waals surface area contributed by atoms with Crippen molar-refractivity contribution in [2.24, 2.45) is 0 Å². The minimum atomic E-state index is 0.0257. The molecule has 1 unspecified atom stereocenters. The number of rotatable bonds is 4. The van der Waals surface area contributed by atoms with Gasteiger partial charge in [0.05, 0.1) is 5.56 Å². The van der Waals surface area contributed by atoms with Crippen LogP contribution in [0.2, 0.25) is 0 Å². The molecule has 5 heteroatoms. The molecule has 2 rings (SSSR count). The lowest BCUT2D eigenvalue weighted by molar-refractivity contribution is 0.0762. The number of hydrogen-bond acceptors (Lipinski definition) is 4. The summed E-state index contributed by atoms with van der Waals surface area (Å²) in [4.78, 5) is 20.6. The van der Waals surface area contributed by atoms with Crippen molar-refractivity contribution in [2.45, 2.75) is 18.9 Å². The van der Waals surface area contributed by atoms with Crippen LogP contribution in [0, 0.1) is 0 Å². The van der Waals surface area contributed by atoms with Crippen molar-refractivity contribution in [2.75, 3.05) is 39.5 Å². The van der Waals surface area contributed by atoms with E-state index in [1.54, 1.807) is 17.3 Å². The summed E-state index contributed by atoms with van der Waals surface area (Å²) in [6.45, 7) is 1.90. The van der Waals surface area contributed by atoms with Gasteiger partial charge in [0.1, 0.15) is 0 Å². The second kappa shape index (κ2) is 6.02. The molecule has 5 nitrogen and oxygen atoms in total. The molecule has 0 bridgehead atoms. The summed E-state index contributed by atoms with van der Waals surface area (Å²) < 4.78 is 0. The summed E-state index contributed by atoms with van der Waals surface area (Å²) in [5.41, 5.74) is 1.46. The monoisotopic (exact) mass is 262 g/mol. The fourth-order valence-corrected chi connectivity index (χ4v) is 2.60. The van der Waals surface area contributed by atoms with Crippen molar-refractivity contribution >= 4 is 11.6 Å². The van der Waals surface area contributed by atoms with Crippen LogP contribution in [0.4, 0.5) is 5.69 Å². The molecule has 1 amide bonds. The molecule has 1 aliphatic rings. The van der Waals surface area contributed by atoms with Crippen molar-refractivity contribution in [3.63, 3.8) is 0 Å². The maximum Gasteiger partial charge on any atom is 0.257 e. The van der Waals surface area contributed by atoms with Gasteiger partial charge >= 0.3 is 0 Å². The van der Waals surface area contributed by atoms with Gasteiger partial charge in [0.25, 0.3) is 5.91 Å². The minimum absolute atomic E-state index is 0.0257. The topological polar surface area (TPSA) is 48.5 Å². The molecule has 0 radical (unpaired) electrons. The van der Waals surface area contributed by atoms with E-state index < -0.39 is 0 Å². The third-order valence-corrected chi connectivity index (χ3v) is 3.82. The fourth-order valence-electron chi connectivity index (χ4n) is 2.60. The molecule has 1 saturated heterocycles. The molecule has 1 aromatic rings. The van der Waals surface area contributed by atoms with Crippen LogP contribution >= 0.6 is 0 Å². The van der Waals surface area contributed by atoms with E-state index in [1.165, 1.54) is 12.8 Å². The smallest absolute Gasteiger partial charge is 0.257 e. The normalized spacial score (nSPS) is 19.4. The molecular formula is C14H22N4O. The van der Waals surface area contributed by atoms with Crippen molar-refractivity contribution < 1.29 is 4.79 Å². The van der Waals surface area contributed by atoms with E-state index in [4.69, 9.17) is 0 Å². The molecule has 104 valence electrons. The van der Waals surface area contributed by atoms with Crippen molar-refractivity contribution in [3.8, 4) is 0 Å². The summed E-state index contributed by atoms with van der Waals surface area (Å²) in [5.74, 6) is 0.0257. The minimum Gasteiger partial charge on any atom is -0.387 e. The number of pyridine rings is 1. The summed E-state index contributed by atoms with van der Waals surface area (Å²) >= 11 is 0. The Morgan fingerprint density at radius 1 is 1.63 bits per heavy atom. The van der Waals surface area contributed by atoms with Crippen LogP contribution < -0.4 is 5.32 Å². The van der Waals surface area contributed by atoms with Crippen molar-refractivity contribution in [1.82, 2.24) is 14.8 Å². The number of nitrogens with zero attached hydrogens (tertiary/aromatic N) is 3. The quantitative estimate of drug-likeness (QED) is 0.888. The van der Waals surface area contributed by atoms with Gasteiger partial charge in [0, 0.05) is 44.8 Å². The summed E-state index contributed by atoms with van der Waals surface area (Å²) in [6.07, 6.45) is 5.70. The van der Waals surface area contributed by atoms with E-state index >= 15 is 0 Å². The predicted octanol–water partition coefficient (Wildman–Crippen LogP) is 1.29. The molecule has 2 heterocycles. The van der Waals surface area contributed by atoms with E-state index in [0.717, 1.165) is 18.8 Å². The van der Waals surface area contributed by atoms with E-state index in [9.17, 15) is 4.79 Å². The number of likely N-dealkylation sites (N-methyl/N-ethyl adjacent to an activating group) is 2. The Bertz CT molecular complexity index is 449. The zero-order valence-corrected chi connectivity index (χ0v) is 11.9. The van der Waals surface area contributed by atoms with Crippen LogP contribution in [0.3, 0.4) is 0 Å². The summed E-state index contributed by atoms with van der Waals surface area (Å²) in [5, 5.41) is 3.04. The van der Waals surface area contributed by atoms with Gasteiger partial charge in [0.15, 0.2) is 0 Å². The van der Waals surface area contributed by atoms with E-state index in [-0.39, 0.29) is 5.91 Å². The second-order valence-electron chi connectivity index (χ2n) is 5.13. The number of likely N-dealkylation sites (tertiary alicyclic amines) is 1. The molecule has 0 aromatic carbocycles. The second-order valence-corrected chi connectivity index (χ2v) is 5.13. The number of amides is 1. The first-order chi connectivity index (χ1) is 9.13. The van der Waals surface area contributed by atoms with Crippen LogP contribution in [0.5, 0.6) is 0 Å². The molecule has 1 aromatic heterocycles. The molecular weight excluding hydrogens is 240 g/mol. The average molecular weight is 262 g/mol. The third kappa shape index (κ3) is 3.04. The zero-order valence-electron chi connectivity index (χ0n) is 11.9. The summed E-state index contributed by atoms with van der Waals surface area (Å²) in [7, 11) is 5.80. The SMILES string of the molecule is CNc1ccncc1C(=O)N(C)CC1CCCN1C. The van der Waals surface area contributed by atoms with Crippen molar-refractivity contribution in [3.05, 3.63) is 24.0 Å². The average Bonchev–Trinajstić information content (AvgIpc) is 2.83. The van der Waals surface area contributed by atoms with Gasteiger partial charge in [-0.3, -0.25) is 9.78 Å². The molecule has 0 aliphatic carbocycles. The molecule has 19 heavy (non-hydrogen) atoms. The molecule has 1 N–H and O–H groups in total. The largest absolute Gasteiger partial charge is 0.387 e. The third-order valence-electron chi connectivity index (χ3n) is 3.82. The van der Waals surface area contributed by atoms with Gasteiger partial charge in [0.2, 0.25) is 0 Å². The number of carbonyl (C=O) groups excluding carboxylic acids is 1. The molecule has 0 spiro atoms. The standard InChI is InChI=1S/C14H22N4O/c1-15-13-6-7-16-9-12(13)14(19)18(3)10-11-5-4-8-17(11)2/h6-7,9,11H,4-5,8,10H2,1-3H3,(H,15,16). The van der Waals surface area contributed by atoms with E-state index in [0.29, 0.717) is 11.6 Å². The van der Waals surface area contributed by atoms with E-state index in [2.05, 4.69) is 22.2 Å². The van der Waals surface area contributed by atoms with Gasteiger partial charge < -0.3 is 15.1 Å². The maximum absolute atomic E-state index is 12.4. The van der Waals surface area contributed by atoms with Gasteiger partial charge in [-0.1, -0.05) is 0 Å². The maximum atomic E-state index is 12.4. The molecule has 1 fully saturated rings. The highest BCUT2D eigenvalue weighted by molar-refractivity contribution is 5.99. The first-order valence-electron chi connectivity index (χ1n) is 6.71. The highest BCUT2D eigenvalue weighted by Gasteiger charge is 2.25. The van der Waals surface area contributed by atoms with Crippen LogP contribution in [-0.2, 0) is 0 Å². The number of carbonyl (C=O) groups is 1. The lowest BCUT2D eigenvalue weighted by atomic mass is 10.1. The molecule has 1 atom stereocenters. The molecule has 0 saturated carbocycles. The fraction of sp³-hybridized carbons (Fsp3) is 0.571. The Kier molecular flexibility index (Phi) is 4.37. The molecule has 1 aliphatic heterocycles. The zero-order chi connectivity index (χ0) is 13.8. The Morgan fingerprint density at radius 2 is 2.42 bits per heavy atom. The number of nitrogens with one attached hydrogen (secondary N) is 1. The Hall–Kier alpha value is -1.62. The van der Waals surface area contributed by atoms with Crippen molar-refractivity contribution in [1.29, 1.82) is 0 Å². The Morgan fingerprint density at radius 3 is 3.05 bits per heavy atom. The Balaban J connectivity index is 2.06. The Labute approximate surface area is 114 Å². The number of anilines is 1. The lowest BCUT2D eigenvalue weighted by Crippen LogP contribution is -2.39. The first kappa shape index (κ1) is 13.8. The predicted molar refractivity (Wildman–Crippen MR) is 76.4 cm³/mol. The summed E-state index contributed by atoms with van der Waals surface area (Å²) in [6, 6.07) is 2.30.